The van der Waals surface area contributed by atoms with E-state index < -0.39 is 0 Å². The monoisotopic (exact) mass is 253 g/mol. The summed E-state index contributed by atoms with van der Waals surface area (Å²) in [5, 5.41) is 3.83. The molecule has 0 aromatic carbocycles. The summed E-state index contributed by atoms with van der Waals surface area (Å²) >= 11 is 0. The molecule has 0 aromatic rings. The van der Waals surface area contributed by atoms with Gasteiger partial charge >= 0.3 is 0 Å². The van der Waals surface area contributed by atoms with Gasteiger partial charge in [-0.1, -0.05) is 60.3 Å². The standard InChI is InChI=1S/C17H35N/c1-6-8-14-9-11-15(12-10-14)16(17(3,4)5)18-13-7-2/h14-16,18H,6-13H2,1-5H3. The third-order valence-corrected chi connectivity index (χ3v) is 4.61. The molecule has 0 aliphatic heterocycles. The van der Waals surface area contributed by atoms with Crippen LogP contribution in [0.2, 0.25) is 0 Å². The molecule has 0 bridgehead atoms. The molecule has 1 N–H and O–H groups in total. The van der Waals surface area contributed by atoms with E-state index in [2.05, 4.69) is 39.9 Å². The van der Waals surface area contributed by atoms with Gasteiger partial charge in [0.05, 0.1) is 0 Å². The van der Waals surface area contributed by atoms with Gasteiger partial charge in [-0.05, 0) is 43.1 Å². The van der Waals surface area contributed by atoms with E-state index in [1.807, 2.05) is 0 Å². The highest BCUT2D eigenvalue weighted by Crippen LogP contribution is 2.38. The largest absolute Gasteiger partial charge is 0.313 e. The Morgan fingerprint density at radius 2 is 1.61 bits per heavy atom. The molecule has 1 heteroatoms. The van der Waals surface area contributed by atoms with Crippen molar-refractivity contribution in [2.45, 2.75) is 85.6 Å². The van der Waals surface area contributed by atoms with Crippen molar-refractivity contribution in [2.24, 2.45) is 17.3 Å². The third kappa shape index (κ3) is 4.91. The Morgan fingerprint density at radius 1 is 1.00 bits per heavy atom. The van der Waals surface area contributed by atoms with Gasteiger partial charge in [0.15, 0.2) is 0 Å². The molecule has 1 saturated carbocycles. The molecule has 18 heavy (non-hydrogen) atoms. The summed E-state index contributed by atoms with van der Waals surface area (Å²) in [6.07, 6.45) is 9.91. The van der Waals surface area contributed by atoms with Crippen molar-refractivity contribution in [1.82, 2.24) is 5.32 Å². The number of rotatable bonds is 6. The van der Waals surface area contributed by atoms with E-state index in [1.54, 1.807) is 0 Å². The first kappa shape index (κ1) is 16.0. The van der Waals surface area contributed by atoms with Crippen molar-refractivity contribution < 1.29 is 0 Å². The fourth-order valence-electron chi connectivity index (χ4n) is 3.70. The summed E-state index contributed by atoms with van der Waals surface area (Å²) in [6, 6.07) is 0.708. The maximum absolute atomic E-state index is 3.83. The molecular weight excluding hydrogens is 218 g/mol. The highest BCUT2D eigenvalue weighted by Gasteiger charge is 2.33. The first-order valence-corrected chi connectivity index (χ1v) is 8.22. The van der Waals surface area contributed by atoms with Crippen LogP contribution < -0.4 is 5.32 Å². The topological polar surface area (TPSA) is 12.0 Å². The molecule has 0 aromatic heterocycles. The lowest BCUT2D eigenvalue weighted by molar-refractivity contribution is 0.136. The van der Waals surface area contributed by atoms with E-state index in [4.69, 9.17) is 0 Å². The van der Waals surface area contributed by atoms with Gasteiger partial charge in [-0.2, -0.15) is 0 Å². The zero-order valence-electron chi connectivity index (χ0n) is 13.4. The minimum Gasteiger partial charge on any atom is -0.313 e. The van der Waals surface area contributed by atoms with Gasteiger partial charge < -0.3 is 5.32 Å². The van der Waals surface area contributed by atoms with Crippen molar-refractivity contribution in [2.75, 3.05) is 6.54 Å². The number of hydrogen-bond donors (Lipinski definition) is 1. The average molecular weight is 253 g/mol. The van der Waals surface area contributed by atoms with Crippen molar-refractivity contribution in [3.05, 3.63) is 0 Å². The molecular formula is C17H35N. The molecule has 1 atom stereocenters. The Bertz CT molecular complexity index is 208. The summed E-state index contributed by atoms with van der Waals surface area (Å²) in [5.41, 5.74) is 0.400. The normalized spacial score (nSPS) is 27.2. The van der Waals surface area contributed by atoms with Gasteiger partial charge in [0.2, 0.25) is 0 Å². The summed E-state index contributed by atoms with van der Waals surface area (Å²) in [7, 11) is 0. The molecule has 0 saturated heterocycles. The Labute approximate surface area is 115 Å². The van der Waals surface area contributed by atoms with Gasteiger partial charge in [-0.3, -0.25) is 0 Å². The van der Waals surface area contributed by atoms with Gasteiger partial charge in [0, 0.05) is 6.04 Å². The molecule has 1 aliphatic rings. The van der Waals surface area contributed by atoms with Gasteiger partial charge in [0.1, 0.15) is 0 Å². The fraction of sp³-hybridized carbons (Fsp3) is 1.00. The molecule has 1 rings (SSSR count). The van der Waals surface area contributed by atoms with Crippen LogP contribution in [0.25, 0.3) is 0 Å². The summed E-state index contributed by atoms with van der Waals surface area (Å²) < 4.78 is 0. The first-order chi connectivity index (χ1) is 8.49. The second-order valence-corrected chi connectivity index (χ2v) is 7.37. The van der Waals surface area contributed by atoms with Crippen LogP contribution in [-0.4, -0.2) is 12.6 Å². The highest BCUT2D eigenvalue weighted by atomic mass is 14.9. The zero-order chi connectivity index (χ0) is 13.6. The van der Waals surface area contributed by atoms with Crippen LogP contribution in [0.1, 0.15) is 79.6 Å². The molecule has 0 heterocycles. The zero-order valence-corrected chi connectivity index (χ0v) is 13.4. The van der Waals surface area contributed by atoms with E-state index in [1.165, 1.54) is 51.5 Å². The molecule has 108 valence electrons. The van der Waals surface area contributed by atoms with Crippen molar-refractivity contribution >= 4 is 0 Å². The van der Waals surface area contributed by atoms with Gasteiger partial charge in [0.25, 0.3) is 0 Å². The Morgan fingerprint density at radius 3 is 2.06 bits per heavy atom. The van der Waals surface area contributed by atoms with E-state index in [0.29, 0.717) is 11.5 Å². The average Bonchev–Trinajstić information content (AvgIpc) is 2.30. The molecule has 1 nitrogen and oxygen atoms in total. The second kappa shape index (κ2) is 7.53. The predicted molar refractivity (Wildman–Crippen MR) is 81.9 cm³/mol. The molecule has 1 unspecified atom stereocenters. The van der Waals surface area contributed by atoms with E-state index in [9.17, 15) is 0 Å². The van der Waals surface area contributed by atoms with E-state index in [0.717, 1.165) is 11.8 Å². The van der Waals surface area contributed by atoms with E-state index >= 15 is 0 Å². The second-order valence-electron chi connectivity index (χ2n) is 7.37. The van der Waals surface area contributed by atoms with Crippen molar-refractivity contribution in [3.63, 3.8) is 0 Å². The minimum absolute atomic E-state index is 0.400. The number of nitrogens with one attached hydrogen (secondary N) is 1. The van der Waals surface area contributed by atoms with Gasteiger partial charge in [-0.15, -0.1) is 0 Å². The molecule has 0 amide bonds. The minimum atomic E-state index is 0.400. The summed E-state index contributed by atoms with van der Waals surface area (Å²) in [4.78, 5) is 0. The lowest BCUT2D eigenvalue weighted by Crippen LogP contribution is -2.47. The predicted octanol–water partition coefficient (Wildman–Crippen LogP) is 5.01. The van der Waals surface area contributed by atoms with Crippen molar-refractivity contribution in [3.8, 4) is 0 Å². The smallest absolute Gasteiger partial charge is 0.0144 e. The third-order valence-electron chi connectivity index (χ3n) is 4.61. The Balaban J connectivity index is 2.49. The lowest BCUT2D eigenvalue weighted by Gasteiger charge is -2.41. The lowest BCUT2D eigenvalue weighted by atomic mass is 9.70. The highest BCUT2D eigenvalue weighted by molar-refractivity contribution is 4.89. The molecule has 1 aliphatic carbocycles. The summed E-state index contributed by atoms with van der Waals surface area (Å²) in [5.74, 6) is 1.93. The molecule has 1 fully saturated rings. The van der Waals surface area contributed by atoms with Gasteiger partial charge in [-0.25, -0.2) is 0 Å². The SMILES string of the molecule is CCCNC(C1CCC(CCC)CC1)C(C)(C)C. The van der Waals surface area contributed by atoms with Crippen LogP contribution in [0.5, 0.6) is 0 Å². The molecule has 0 radical (unpaired) electrons. The van der Waals surface area contributed by atoms with Crippen molar-refractivity contribution in [1.29, 1.82) is 0 Å². The van der Waals surface area contributed by atoms with Crippen LogP contribution in [0.15, 0.2) is 0 Å². The Kier molecular flexibility index (Phi) is 6.70. The fourth-order valence-corrected chi connectivity index (χ4v) is 3.70. The van der Waals surface area contributed by atoms with Crippen LogP contribution in [0.4, 0.5) is 0 Å². The van der Waals surface area contributed by atoms with Crippen LogP contribution >= 0.6 is 0 Å². The maximum atomic E-state index is 3.83. The Hall–Kier alpha value is -0.0400. The maximum Gasteiger partial charge on any atom is 0.0144 e. The van der Waals surface area contributed by atoms with E-state index in [-0.39, 0.29) is 0 Å². The van der Waals surface area contributed by atoms with Crippen LogP contribution in [-0.2, 0) is 0 Å². The quantitative estimate of drug-likeness (QED) is 0.702. The summed E-state index contributed by atoms with van der Waals surface area (Å²) in [6.45, 7) is 13.0. The first-order valence-electron chi connectivity index (χ1n) is 8.22. The van der Waals surface area contributed by atoms with Crippen LogP contribution in [0, 0.1) is 17.3 Å². The molecule has 0 spiro atoms. The number of hydrogen-bond acceptors (Lipinski definition) is 1. The van der Waals surface area contributed by atoms with Crippen LogP contribution in [0.3, 0.4) is 0 Å².